The summed E-state index contributed by atoms with van der Waals surface area (Å²) in [7, 11) is 0. The normalized spacial score (nSPS) is 11.2. The molecule has 3 nitrogen and oxygen atoms in total. The van der Waals surface area contributed by atoms with Gasteiger partial charge in [-0.05, 0) is 61.2 Å². The first-order valence-electron chi connectivity index (χ1n) is 8.62. The molecule has 0 saturated carbocycles. The molecule has 0 saturated heterocycles. The molecule has 26 heavy (non-hydrogen) atoms. The lowest BCUT2D eigenvalue weighted by Gasteiger charge is -2.11. The molecule has 132 valence electrons. The summed E-state index contributed by atoms with van der Waals surface area (Å²) in [6.45, 7) is 5.96. The van der Waals surface area contributed by atoms with E-state index in [1.165, 1.54) is 5.56 Å². The van der Waals surface area contributed by atoms with Gasteiger partial charge in [-0.1, -0.05) is 42.8 Å². The lowest BCUT2D eigenvalue weighted by molar-refractivity contribution is -0.111. The summed E-state index contributed by atoms with van der Waals surface area (Å²) in [5, 5.41) is 4.51. The first-order chi connectivity index (χ1) is 12.5. The molecule has 3 rings (SSSR count). The minimum Gasteiger partial charge on any atom is -0.322 e. The van der Waals surface area contributed by atoms with Gasteiger partial charge < -0.3 is 5.32 Å². The van der Waals surface area contributed by atoms with Crippen LogP contribution in [0.1, 0.15) is 29.3 Å². The van der Waals surface area contributed by atoms with Gasteiger partial charge in [-0.25, -0.2) is 0 Å². The number of nitrogens with zero attached hydrogens (tertiary/aromatic N) is 1. The average Bonchev–Trinajstić information content (AvgIpc) is 2.64. The number of rotatable bonds is 4. The van der Waals surface area contributed by atoms with Crippen LogP contribution in [-0.4, -0.2) is 10.9 Å². The van der Waals surface area contributed by atoms with Crippen molar-refractivity contribution in [3.8, 4) is 0 Å². The predicted octanol–water partition coefficient (Wildman–Crippen LogP) is 5.72. The topological polar surface area (TPSA) is 42.0 Å². The monoisotopic (exact) mass is 364 g/mol. The van der Waals surface area contributed by atoms with E-state index in [0.717, 1.165) is 39.8 Å². The van der Waals surface area contributed by atoms with Crippen LogP contribution >= 0.6 is 11.6 Å². The quantitative estimate of drug-likeness (QED) is 0.601. The lowest BCUT2D eigenvalue weighted by Crippen LogP contribution is -2.09. The maximum absolute atomic E-state index is 12.4. The minimum atomic E-state index is -0.177. The van der Waals surface area contributed by atoms with Crippen LogP contribution in [0.15, 0.2) is 48.5 Å². The molecule has 0 bridgehead atoms. The summed E-state index contributed by atoms with van der Waals surface area (Å²) >= 11 is 6.20. The number of fused-ring (bicyclic) bond motifs is 1. The standard InChI is InChI=1S/C22H21ClN2O/c1-4-16-5-7-17(8-6-16)9-12-21(26)25-20-13-14(2)24-22-15(3)19(23)11-10-18(20)22/h5-13H,4H2,1-3H3,(H,24,25,26)/b12-9+. The summed E-state index contributed by atoms with van der Waals surface area (Å²) in [6.07, 6.45) is 4.36. The number of aryl methyl sites for hydroxylation is 3. The highest BCUT2D eigenvalue weighted by molar-refractivity contribution is 6.32. The maximum atomic E-state index is 12.4. The Balaban J connectivity index is 1.84. The van der Waals surface area contributed by atoms with Crippen molar-refractivity contribution in [1.29, 1.82) is 0 Å². The van der Waals surface area contributed by atoms with Gasteiger partial charge in [-0.15, -0.1) is 0 Å². The van der Waals surface area contributed by atoms with Gasteiger partial charge in [0, 0.05) is 22.2 Å². The highest BCUT2D eigenvalue weighted by Crippen LogP contribution is 2.29. The van der Waals surface area contributed by atoms with Gasteiger partial charge in [0.1, 0.15) is 0 Å². The summed E-state index contributed by atoms with van der Waals surface area (Å²) in [5.74, 6) is -0.177. The van der Waals surface area contributed by atoms with E-state index >= 15 is 0 Å². The summed E-state index contributed by atoms with van der Waals surface area (Å²) < 4.78 is 0. The van der Waals surface area contributed by atoms with Gasteiger partial charge in [-0.3, -0.25) is 9.78 Å². The van der Waals surface area contributed by atoms with E-state index in [1.807, 2.05) is 50.3 Å². The highest BCUT2D eigenvalue weighted by atomic mass is 35.5. The van der Waals surface area contributed by atoms with Crippen molar-refractivity contribution in [2.45, 2.75) is 27.2 Å². The van der Waals surface area contributed by atoms with E-state index in [9.17, 15) is 4.79 Å². The van der Waals surface area contributed by atoms with Crippen LogP contribution in [0, 0.1) is 13.8 Å². The second-order valence-corrected chi connectivity index (χ2v) is 6.70. The molecule has 0 fully saturated rings. The fraction of sp³-hybridized carbons (Fsp3) is 0.182. The third-order valence-electron chi connectivity index (χ3n) is 4.37. The molecule has 0 aliphatic rings. The fourth-order valence-electron chi connectivity index (χ4n) is 2.85. The SMILES string of the molecule is CCc1ccc(/C=C/C(=O)Nc2cc(C)nc3c(C)c(Cl)ccc23)cc1. The van der Waals surface area contributed by atoms with Crippen molar-refractivity contribution in [2.75, 3.05) is 5.32 Å². The molecule has 0 atom stereocenters. The first kappa shape index (κ1) is 18.2. The van der Waals surface area contributed by atoms with E-state index in [4.69, 9.17) is 11.6 Å². The van der Waals surface area contributed by atoms with Crippen molar-refractivity contribution < 1.29 is 4.79 Å². The van der Waals surface area contributed by atoms with Crippen molar-refractivity contribution in [3.05, 3.63) is 75.9 Å². The van der Waals surface area contributed by atoms with Crippen LogP contribution in [0.25, 0.3) is 17.0 Å². The van der Waals surface area contributed by atoms with Gasteiger partial charge in [0.25, 0.3) is 0 Å². The van der Waals surface area contributed by atoms with Crippen molar-refractivity contribution >= 4 is 40.2 Å². The number of carbonyl (C=O) groups is 1. The molecule has 2 aromatic carbocycles. The Morgan fingerprint density at radius 2 is 1.88 bits per heavy atom. The molecule has 0 unspecified atom stereocenters. The van der Waals surface area contributed by atoms with E-state index in [0.29, 0.717) is 5.02 Å². The molecule has 1 aromatic heterocycles. The number of carbonyl (C=O) groups excluding carboxylic acids is 1. The average molecular weight is 365 g/mol. The minimum absolute atomic E-state index is 0.177. The van der Waals surface area contributed by atoms with Gasteiger partial charge in [-0.2, -0.15) is 0 Å². The third kappa shape index (κ3) is 3.94. The smallest absolute Gasteiger partial charge is 0.248 e. The number of hydrogen-bond acceptors (Lipinski definition) is 2. The Bertz CT molecular complexity index is 991. The van der Waals surface area contributed by atoms with Gasteiger partial charge >= 0.3 is 0 Å². The fourth-order valence-corrected chi connectivity index (χ4v) is 3.00. The third-order valence-corrected chi connectivity index (χ3v) is 4.78. The lowest BCUT2D eigenvalue weighted by atomic mass is 10.1. The zero-order valence-electron chi connectivity index (χ0n) is 15.1. The molecule has 4 heteroatoms. The molecule has 0 spiro atoms. The van der Waals surface area contributed by atoms with Crippen LogP contribution in [0.2, 0.25) is 5.02 Å². The summed E-state index contributed by atoms with van der Waals surface area (Å²) in [6, 6.07) is 13.8. The zero-order chi connectivity index (χ0) is 18.7. The van der Waals surface area contributed by atoms with Crippen molar-refractivity contribution in [3.63, 3.8) is 0 Å². The Hall–Kier alpha value is -2.65. The second kappa shape index (κ2) is 7.71. The van der Waals surface area contributed by atoms with Crippen LogP contribution in [0.3, 0.4) is 0 Å². The molecular weight excluding hydrogens is 344 g/mol. The molecule has 0 aliphatic carbocycles. The van der Waals surface area contributed by atoms with E-state index in [-0.39, 0.29) is 5.91 Å². The van der Waals surface area contributed by atoms with Crippen LogP contribution in [0.5, 0.6) is 0 Å². The molecule has 0 radical (unpaired) electrons. The van der Waals surface area contributed by atoms with Crippen molar-refractivity contribution in [1.82, 2.24) is 4.98 Å². The van der Waals surface area contributed by atoms with Gasteiger partial charge in [0.05, 0.1) is 11.2 Å². The predicted molar refractivity (Wildman–Crippen MR) is 110 cm³/mol. The molecule has 0 aliphatic heterocycles. The Kier molecular flexibility index (Phi) is 5.38. The van der Waals surface area contributed by atoms with Crippen molar-refractivity contribution in [2.24, 2.45) is 0 Å². The zero-order valence-corrected chi connectivity index (χ0v) is 15.9. The Morgan fingerprint density at radius 3 is 2.58 bits per heavy atom. The highest BCUT2D eigenvalue weighted by Gasteiger charge is 2.10. The number of anilines is 1. The number of nitrogens with one attached hydrogen (secondary N) is 1. The summed E-state index contributed by atoms with van der Waals surface area (Å²) in [5.41, 5.74) is 5.57. The number of amides is 1. The molecule has 1 N–H and O–H groups in total. The van der Waals surface area contributed by atoms with Gasteiger partial charge in [0.15, 0.2) is 0 Å². The second-order valence-electron chi connectivity index (χ2n) is 6.30. The largest absolute Gasteiger partial charge is 0.322 e. The van der Waals surface area contributed by atoms with E-state index in [2.05, 4.69) is 29.4 Å². The van der Waals surface area contributed by atoms with Gasteiger partial charge in [0.2, 0.25) is 5.91 Å². The number of benzene rings is 2. The molecule has 1 amide bonds. The van der Waals surface area contributed by atoms with E-state index < -0.39 is 0 Å². The van der Waals surface area contributed by atoms with Crippen LogP contribution in [-0.2, 0) is 11.2 Å². The number of hydrogen-bond donors (Lipinski definition) is 1. The Morgan fingerprint density at radius 1 is 1.15 bits per heavy atom. The number of pyridine rings is 1. The maximum Gasteiger partial charge on any atom is 0.248 e. The van der Waals surface area contributed by atoms with Crippen LogP contribution < -0.4 is 5.32 Å². The van der Waals surface area contributed by atoms with Crippen LogP contribution in [0.4, 0.5) is 5.69 Å². The summed E-state index contributed by atoms with van der Waals surface area (Å²) in [4.78, 5) is 16.9. The molecule has 3 aromatic rings. The number of aromatic nitrogens is 1. The van der Waals surface area contributed by atoms with E-state index in [1.54, 1.807) is 6.08 Å². The molecule has 1 heterocycles. The Labute approximate surface area is 158 Å². The number of halogens is 1. The molecular formula is C22H21ClN2O. The first-order valence-corrected chi connectivity index (χ1v) is 9.00.